The number of carboxylic acid groups (broad SMARTS) is 1. The molecule has 0 amide bonds. The molecule has 0 saturated carbocycles. The molecule has 1 aliphatic heterocycles. The van der Waals surface area contributed by atoms with Gasteiger partial charge in [-0.3, -0.25) is 9.69 Å². The Bertz CT molecular complexity index is 439. The molecule has 19 heavy (non-hydrogen) atoms. The second-order valence-electron chi connectivity index (χ2n) is 4.23. The highest BCUT2D eigenvalue weighted by Gasteiger charge is 2.29. The van der Waals surface area contributed by atoms with Gasteiger partial charge < -0.3 is 10.4 Å². The molecular formula is C12H15Cl2FN2O2. The van der Waals surface area contributed by atoms with E-state index in [0.717, 1.165) is 0 Å². The minimum Gasteiger partial charge on any atom is -0.480 e. The topological polar surface area (TPSA) is 52.6 Å². The van der Waals surface area contributed by atoms with Gasteiger partial charge in [-0.25, -0.2) is 4.39 Å². The van der Waals surface area contributed by atoms with E-state index in [9.17, 15) is 9.18 Å². The second-order valence-corrected chi connectivity index (χ2v) is 4.64. The Labute approximate surface area is 122 Å². The molecule has 1 unspecified atom stereocenters. The molecule has 2 N–H and O–H groups in total. The third-order valence-electron chi connectivity index (χ3n) is 3.06. The van der Waals surface area contributed by atoms with E-state index in [2.05, 4.69) is 5.32 Å². The third kappa shape index (κ3) is 3.79. The molecule has 106 valence electrons. The summed E-state index contributed by atoms with van der Waals surface area (Å²) < 4.78 is 13.7. The lowest BCUT2D eigenvalue weighted by atomic mass is 10.1. The smallest absolute Gasteiger partial charge is 0.322 e. The van der Waals surface area contributed by atoms with Gasteiger partial charge in [-0.05, 0) is 12.1 Å². The molecule has 0 aliphatic carbocycles. The van der Waals surface area contributed by atoms with Crippen LogP contribution in [0.3, 0.4) is 0 Å². The van der Waals surface area contributed by atoms with Gasteiger partial charge in [0.1, 0.15) is 11.9 Å². The van der Waals surface area contributed by atoms with E-state index >= 15 is 0 Å². The van der Waals surface area contributed by atoms with Crippen LogP contribution in [0.15, 0.2) is 18.2 Å². The standard InChI is InChI=1S/C12H14ClFN2O2.ClH/c13-9-2-1-3-10(14)8(9)7-16-5-4-15-6-11(16)12(17)18;/h1-3,11,15H,4-7H2,(H,17,18);1H. The van der Waals surface area contributed by atoms with Crippen LogP contribution >= 0.6 is 24.0 Å². The lowest BCUT2D eigenvalue weighted by Gasteiger charge is -2.33. The molecule has 7 heteroatoms. The lowest BCUT2D eigenvalue weighted by Crippen LogP contribution is -2.54. The largest absolute Gasteiger partial charge is 0.480 e. The highest BCUT2D eigenvalue weighted by Crippen LogP contribution is 2.22. The number of piperazine rings is 1. The van der Waals surface area contributed by atoms with Crippen molar-refractivity contribution in [3.8, 4) is 0 Å². The normalized spacial score (nSPS) is 19.8. The summed E-state index contributed by atoms with van der Waals surface area (Å²) >= 11 is 5.95. The average Bonchev–Trinajstić information content (AvgIpc) is 2.34. The van der Waals surface area contributed by atoms with Crippen LogP contribution in [0.1, 0.15) is 5.56 Å². The second kappa shape index (κ2) is 7.05. The number of nitrogens with zero attached hydrogens (tertiary/aromatic N) is 1. The third-order valence-corrected chi connectivity index (χ3v) is 3.42. The zero-order valence-electron chi connectivity index (χ0n) is 10.1. The quantitative estimate of drug-likeness (QED) is 0.893. The van der Waals surface area contributed by atoms with Crippen molar-refractivity contribution in [1.82, 2.24) is 10.2 Å². The lowest BCUT2D eigenvalue weighted by molar-refractivity contribution is -0.144. The van der Waals surface area contributed by atoms with Crippen molar-refractivity contribution in [3.63, 3.8) is 0 Å². The van der Waals surface area contributed by atoms with Gasteiger partial charge in [-0.1, -0.05) is 17.7 Å². The van der Waals surface area contributed by atoms with E-state index < -0.39 is 17.8 Å². The summed E-state index contributed by atoms with van der Waals surface area (Å²) in [5.74, 6) is -1.31. The van der Waals surface area contributed by atoms with Crippen LogP contribution in [0.2, 0.25) is 5.02 Å². The molecule has 0 radical (unpaired) electrons. The Morgan fingerprint density at radius 2 is 2.32 bits per heavy atom. The van der Waals surface area contributed by atoms with E-state index in [1.807, 2.05) is 0 Å². The van der Waals surface area contributed by atoms with Crippen molar-refractivity contribution < 1.29 is 14.3 Å². The summed E-state index contributed by atoms with van der Waals surface area (Å²) in [5.41, 5.74) is 0.354. The molecule has 1 heterocycles. The molecule has 1 saturated heterocycles. The summed E-state index contributed by atoms with van der Waals surface area (Å²) in [5, 5.41) is 12.5. The van der Waals surface area contributed by atoms with Gasteiger partial charge in [0.15, 0.2) is 0 Å². The maximum Gasteiger partial charge on any atom is 0.322 e. The van der Waals surface area contributed by atoms with Crippen molar-refractivity contribution in [3.05, 3.63) is 34.6 Å². The summed E-state index contributed by atoms with van der Waals surface area (Å²) in [7, 11) is 0. The van der Waals surface area contributed by atoms with E-state index in [0.29, 0.717) is 30.2 Å². The fourth-order valence-corrected chi connectivity index (χ4v) is 2.29. The summed E-state index contributed by atoms with van der Waals surface area (Å²) in [6.45, 7) is 1.82. The zero-order chi connectivity index (χ0) is 13.1. The Kier molecular flexibility index (Phi) is 6.00. The van der Waals surface area contributed by atoms with Gasteiger partial charge >= 0.3 is 5.97 Å². The van der Waals surface area contributed by atoms with Crippen LogP contribution in [0, 0.1) is 5.82 Å². The molecule has 4 nitrogen and oxygen atoms in total. The number of benzene rings is 1. The van der Waals surface area contributed by atoms with Crippen LogP contribution in [0.4, 0.5) is 4.39 Å². The van der Waals surface area contributed by atoms with Gasteiger partial charge in [0.05, 0.1) is 0 Å². The molecule has 0 aromatic heterocycles. The van der Waals surface area contributed by atoms with Crippen LogP contribution in [-0.4, -0.2) is 41.7 Å². The highest BCUT2D eigenvalue weighted by molar-refractivity contribution is 6.31. The van der Waals surface area contributed by atoms with Crippen molar-refractivity contribution >= 4 is 30.0 Å². The minimum absolute atomic E-state index is 0. The summed E-state index contributed by atoms with van der Waals surface area (Å²) in [6, 6.07) is 3.83. The number of hydrogen-bond donors (Lipinski definition) is 2. The van der Waals surface area contributed by atoms with Crippen LogP contribution in [0.5, 0.6) is 0 Å². The van der Waals surface area contributed by atoms with Gasteiger partial charge in [0.2, 0.25) is 0 Å². The number of carboxylic acids is 1. The van der Waals surface area contributed by atoms with Crippen LogP contribution in [0.25, 0.3) is 0 Å². The molecule has 0 spiro atoms. The zero-order valence-corrected chi connectivity index (χ0v) is 11.7. The highest BCUT2D eigenvalue weighted by atomic mass is 35.5. The Hall–Kier alpha value is -0.880. The van der Waals surface area contributed by atoms with E-state index in [4.69, 9.17) is 16.7 Å². The van der Waals surface area contributed by atoms with Crippen molar-refractivity contribution in [2.45, 2.75) is 12.6 Å². The number of hydrogen-bond acceptors (Lipinski definition) is 3. The average molecular weight is 309 g/mol. The van der Waals surface area contributed by atoms with Gasteiger partial charge in [-0.2, -0.15) is 0 Å². The fourth-order valence-electron chi connectivity index (χ4n) is 2.07. The maximum atomic E-state index is 13.7. The first kappa shape index (κ1) is 16.2. The number of aliphatic carboxylic acids is 1. The number of carbonyl (C=O) groups is 1. The van der Waals surface area contributed by atoms with E-state index in [1.54, 1.807) is 11.0 Å². The van der Waals surface area contributed by atoms with E-state index in [-0.39, 0.29) is 19.0 Å². The van der Waals surface area contributed by atoms with Crippen LogP contribution in [-0.2, 0) is 11.3 Å². The predicted molar refractivity (Wildman–Crippen MR) is 73.4 cm³/mol. The molecule has 1 aromatic rings. The minimum atomic E-state index is -0.908. The molecule has 1 atom stereocenters. The SMILES string of the molecule is Cl.O=C(O)C1CNCCN1Cc1c(F)cccc1Cl. The molecule has 1 aromatic carbocycles. The molecule has 1 aliphatic rings. The first-order valence-corrected chi connectivity index (χ1v) is 6.08. The van der Waals surface area contributed by atoms with Gasteiger partial charge in [0, 0.05) is 36.8 Å². The Morgan fingerprint density at radius 1 is 1.58 bits per heavy atom. The van der Waals surface area contributed by atoms with Gasteiger partial charge in [0.25, 0.3) is 0 Å². The maximum absolute atomic E-state index is 13.7. The van der Waals surface area contributed by atoms with Crippen molar-refractivity contribution in [1.29, 1.82) is 0 Å². The number of nitrogens with one attached hydrogen (secondary N) is 1. The first-order valence-electron chi connectivity index (χ1n) is 5.70. The number of rotatable bonds is 3. The van der Waals surface area contributed by atoms with E-state index in [1.165, 1.54) is 12.1 Å². The monoisotopic (exact) mass is 308 g/mol. The Balaban J connectivity index is 0.00000180. The summed E-state index contributed by atoms with van der Waals surface area (Å²) in [6.07, 6.45) is 0. The molecule has 0 bridgehead atoms. The molecule has 2 rings (SSSR count). The molecule has 1 fully saturated rings. The summed E-state index contributed by atoms with van der Waals surface area (Å²) in [4.78, 5) is 12.8. The number of halogens is 3. The predicted octanol–water partition coefficient (Wildman–Crippen LogP) is 1.76. The molecular weight excluding hydrogens is 294 g/mol. The fraction of sp³-hybridized carbons (Fsp3) is 0.417. The first-order chi connectivity index (χ1) is 8.59. The van der Waals surface area contributed by atoms with Crippen molar-refractivity contribution in [2.75, 3.05) is 19.6 Å². The van der Waals surface area contributed by atoms with Crippen LogP contribution < -0.4 is 5.32 Å². The Morgan fingerprint density at radius 3 is 2.95 bits per heavy atom. The van der Waals surface area contributed by atoms with Crippen molar-refractivity contribution in [2.24, 2.45) is 0 Å². The van der Waals surface area contributed by atoms with Gasteiger partial charge in [-0.15, -0.1) is 12.4 Å².